The van der Waals surface area contributed by atoms with Gasteiger partial charge in [0.2, 0.25) is 0 Å². The molecule has 0 saturated carbocycles. The molecule has 0 aliphatic carbocycles. The van der Waals surface area contributed by atoms with Crippen molar-refractivity contribution in [2.24, 2.45) is 0 Å². The summed E-state index contributed by atoms with van der Waals surface area (Å²) < 4.78 is 0.990. The van der Waals surface area contributed by atoms with Crippen molar-refractivity contribution >= 4 is 11.4 Å². The molecule has 2 rings (SSSR count). The zero-order valence-corrected chi connectivity index (χ0v) is 10.5. The van der Waals surface area contributed by atoms with Gasteiger partial charge in [0.15, 0.2) is 6.17 Å². The summed E-state index contributed by atoms with van der Waals surface area (Å²) >= 11 is 0. The van der Waals surface area contributed by atoms with Gasteiger partial charge in [-0.05, 0) is 30.7 Å². The van der Waals surface area contributed by atoms with E-state index in [-0.39, 0.29) is 0 Å². The van der Waals surface area contributed by atoms with Crippen LogP contribution in [0.3, 0.4) is 0 Å². The number of nitrogens with zero attached hydrogens (tertiary/aromatic N) is 2. The van der Waals surface area contributed by atoms with Gasteiger partial charge in [-0.1, -0.05) is 0 Å². The first-order valence-corrected chi connectivity index (χ1v) is 5.92. The normalized spacial score (nSPS) is 21.4. The number of rotatable bonds is 2. The molecule has 0 radical (unpaired) electrons. The largest absolute Gasteiger partial charge is 0.399 e. The van der Waals surface area contributed by atoms with Crippen LogP contribution in [0.1, 0.15) is 12.8 Å². The number of hydrogen-bond acceptors (Lipinski definition) is 2. The van der Waals surface area contributed by atoms with E-state index in [2.05, 4.69) is 38.2 Å². The first kappa shape index (κ1) is 11.3. The summed E-state index contributed by atoms with van der Waals surface area (Å²) in [7, 11) is 6.79. The smallest absolute Gasteiger partial charge is 0.164 e. The number of quaternary nitrogens is 1. The molecule has 1 aliphatic heterocycles. The molecule has 1 saturated heterocycles. The summed E-state index contributed by atoms with van der Waals surface area (Å²) in [6.07, 6.45) is 3.14. The minimum absolute atomic E-state index is 0.587. The Morgan fingerprint density at radius 1 is 1.19 bits per heavy atom. The van der Waals surface area contributed by atoms with Gasteiger partial charge in [0.25, 0.3) is 0 Å². The summed E-state index contributed by atoms with van der Waals surface area (Å²) in [5, 5.41) is 0. The molecule has 16 heavy (non-hydrogen) atoms. The third kappa shape index (κ3) is 2.14. The van der Waals surface area contributed by atoms with Gasteiger partial charge in [-0.15, -0.1) is 0 Å². The lowest BCUT2D eigenvalue weighted by molar-refractivity contribution is -0.894. The van der Waals surface area contributed by atoms with Crippen LogP contribution in [0.2, 0.25) is 0 Å². The number of nitrogens with two attached hydrogens (primary N) is 1. The SMILES string of the molecule is C[N+](C)(C)C1CCCN1c1ccc(N)cc1. The Morgan fingerprint density at radius 2 is 1.81 bits per heavy atom. The van der Waals surface area contributed by atoms with Crippen LogP contribution in [-0.2, 0) is 0 Å². The highest BCUT2D eigenvalue weighted by atomic mass is 15.5. The quantitative estimate of drug-likeness (QED) is 0.609. The van der Waals surface area contributed by atoms with E-state index in [9.17, 15) is 0 Å². The summed E-state index contributed by atoms with van der Waals surface area (Å²) in [5.74, 6) is 0. The van der Waals surface area contributed by atoms with E-state index in [1.165, 1.54) is 18.5 Å². The number of benzene rings is 1. The highest BCUT2D eigenvalue weighted by Crippen LogP contribution is 2.29. The molecule has 0 aromatic heterocycles. The maximum atomic E-state index is 5.72. The van der Waals surface area contributed by atoms with Crippen LogP contribution in [-0.4, -0.2) is 38.3 Å². The van der Waals surface area contributed by atoms with E-state index >= 15 is 0 Å². The average molecular weight is 220 g/mol. The monoisotopic (exact) mass is 220 g/mol. The first-order valence-electron chi connectivity index (χ1n) is 5.92. The van der Waals surface area contributed by atoms with Crippen LogP contribution in [0.5, 0.6) is 0 Å². The molecule has 1 aliphatic rings. The molecule has 1 heterocycles. The molecule has 1 fully saturated rings. The van der Waals surface area contributed by atoms with Gasteiger partial charge < -0.3 is 15.1 Å². The third-order valence-corrected chi connectivity index (χ3v) is 3.34. The molecule has 0 spiro atoms. The molecule has 3 heteroatoms. The van der Waals surface area contributed by atoms with Crippen molar-refractivity contribution in [2.75, 3.05) is 38.3 Å². The van der Waals surface area contributed by atoms with E-state index in [4.69, 9.17) is 5.73 Å². The van der Waals surface area contributed by atoms with E-state index in [1.54, 1.807) is 0 Å². The van der Waals surface area contributed by atoms with Crippen molar-refractivity contribution in [2.45, 2.75) is 19.0 Å². The Balaban J connectivity index is 2.23. The molecule has 1 atom stereocenters. The van der Waals surface area contributed by atoms with Gasteiger partial charge in [0, 0.05) is 24.3 Å². The lowest BCUT2D eigenvalue weighted by Crippen LogP contribution is -2.52. The van der Waals surface area contributed by atoms with Gasteiger partial charge in [-0.25, -0.2) is 0 Å². The Bertz CT molecular complexity index is 350. The minimum atomic E-state index is 0.587. The van der Waals surface area contributed by atoms with Gasteiger partial charge in [-0.3, -0.25) is 0 Å². The molecule has 2 N–H and O–H groups in total. The Morgan fingerprint density at radius 3 is 2.38 bits per heavy atom. The summed E-state index contributed by atoms with van der Waals surface area (Å²) in [4.78, 5) is 2.50. The maximum absolute atomic E-state index is 5.72. The van der Waals surface area contributed by atoms with Gasteiger partial charge in [-0.2, -0.15) is 0 Å². The molecule has 1 aromatic rings. The van der Waals surface area contributed by atoms with Crippen LogP contribution < -0.4 is 10.6 Å². The highest BCUT2D eigenvalue weighted by molar-refractivity contribution is 5.53. The zero-order valence-electron chi connectivity index (χ0n) is 10.5. The maximum Gasteiger partial charge on any atom is 0.164 e. The lowest BCUT2D eigenvalue weighted by Gasteiger charge is -2.38. The van der Waals surface area contributed by atoms with Gasteiger partial charge in [0.1, 0.15) is 0 Å². The number of anilines is 2. The van der Waals surface area contributed by atoms with E-state index in [1.807, 2.05) is 12.1 Å². The van der Waals surface area contributed by atoms with Crippen LogP contribution in [0, 0.1) is 0 Å². The van der Waals surface area contributed by atoms with Crippen molar-refractivity contribution in [3.63, 3.8) is 0 Å². The number of hydrogen-bond donors (Lipinski definition) is 1. The van der Waals surface area contributed by atoms with Crippen LogP contribution >= 0.6 is 0 Å². The minimum Gasteiger partial charge on any atom is -0.399 e. The lowest BCUT2D eigenvalue weighted by atomic mass is 10.2. The topological polar surface area (TPSA) is 29.3 Å². The summed E-state index contributed by atoms with van der Waals surface area (Å²) in [6, 6.07) is 8.23. The van der Waals surface area contributed by atoms with Crippen molar-refractivity contribution in [1.82, 2.24) is 0 Å². The molecule has 3 nitrogen and oxygen atoms in total. The molecule has 88 valence electrons. The second-order valence-electron chi connectivity index (χ2n) is 5.52. The van der Waals surface area contributed by atoms with Crippen LogP contribution in [0.25, 0.3) is 0 Å². The summed E-state index contributed by atoms with van der Waals surface area (Å²) in [6.45, 7) is 1.16. The van der Waals surface area contributed by atoms with E-state index in [0.717, 1.165) is 16.7 Å². The standard InChI is InChI=1S/C13H22N3/c1-16(2,3)13-5-4-10-15(13)12-8-6-11(14)7-9-12/h6-9,13H,4-5,10,14H2,1-3H3/q+1. The Hall–Kier alpha value is -1.22. The van der Waals surface area contributed by atoms with Crippen LogP contribution in [0.4, 0.5) is 11.4 Å². The fraction of sp³-hybridized carbons (Fsp3) is 0.538. The van der Waals surface area contributed by atoms with Gasteiger partial charge in [0.05, 0.1) is 21.1 Å². The van der Waals surface area contributed by atoms with Crippen molar-refractivity contribution in [1.29, 1.82) is 0 Å². The first-order chi connectivity index (χ1) is 7.48. The predicted octanol–water partition coefficient (Wildman–Crippen LogP) is 1.90. The number of nitrogen functional groups attached to an aromatic ring is 1. The van der Waals surface area contributed by atoms with E-state index < -0.39 is 0 Å². The third-order valence-electron chi connectivity index (χ3n) is 3.34. The predicted molar refractivity (Wildman–Crippen MR) is 69.3 cm³/mol. The molecular weight excluding hydrogens is 198 g/mol. The Kier molecular flexibility index (Phi) is 2.80. The molecule has 1 unspecified atom stereocenters. The zero-order chi connectivity index (χ0) is 11.8. The molecule has 1 aromatic carbocycles. The molecule has 0 amide bonds. The van der Waals surface area contributed by atoms with Crippen molar-refractivity contribution in [3.8, 4) is 0 Å². The molecular formula is C13H22N3+. The fourth-order valence-electron chi connectivity index (χ4n) is 2.52. The molecule has 0 bridgehead atoms. The second-order valence-corrected chi connectivity index (χ2v) is 5.52. The van der Waals surface area contributed by atoms with E-state index in [0.29, 0.717) is 6.17 Å². The van der Waals surface area contributed by atoms with Crippen molar-refractivity contribution in [3.05, 3.63) is 24.3 Å². The second kappa shape index (κ2) is 3.98. The van der Waals surface area contributed by atoms with Gasteiger partial charge >= 0.3 is 0 Å². The summed E-state index contributed by atoms with van der Waals surface area (Å²) in [5.41, 5.74) is 7.86. The van der Waals surface area contributed by atoms with Crippen LogP contribution in [0.15, 0.2) is 24.3 Å². The highest BCUT2D eigenvalue weighted by Gasteiger charge is 2.34. The van der Waals surface area contributed by atoms with Crippen molar-refractivity contribution < 1.29 is 4.48 Å². The Labute approximate surface area is 98.0 Å². The average Bonchev–Trinajstić information content (AvgIpc) is 2.66. The fourth-order valence-corrected chi connectivity index (χ4v) is 2.52.